The Morgan fingerprint density at radius 2 is 2.10 bits per heavy atom. The third-order valence-corrected chi connectivity index (χ3v) is 3.08. The van der Waals surface area contributed by atoms with Crippen molar-refractivity contribution in [3.05, 3.63) is 24.3 Å². The Morgan fingerprint density at radius 3 is 2.70 bits per heavy atom. The molecule has 0 saturated carbocycles. The predicted octanol–water partition coefficient (Wildman–Crippen LogP) is -0.196. The van der Waals surface area contributed by atoms with Gasteiger partial charge in [0, 0.05) is 0 Å². The second kappa shape index (κ2) is 6.17. The Hall–Kier alpha value is -2.39. The number of carbonyl (C=O) groups is 2. The smallest absolute Gasteiger partial charge is 0.292 e. The zero-order valence-electron chi connectivity index (χ0n) is 11.2. The molecule has 20 heavy (non-hydrogen) atoms. The van der Waals surface area contributed by atoms with Crippen molar-refractivity contribution in [2.24, 2.45) is 0 Å². The number of imide groups is 1. The van der Waals surface area contributed by atoms with E-state index in [-0.39, 0.29) is 24.8 Å². The normalized spacial score (nSPS) is 18.2. The zero-order valence-corrected chi connectivity index (χ0v) is 11.2. The number of hydrogen-bond donors (Lipinski definition) is 1. The Kier molecular flexibility index (Phi) is 4.33. The molecule has 2 rings (SSSR count). The number of rotatable bonds is 5. The largest absolute Gasteiger partial charge is 0.494 e. The first kappa shape index (κ1) is 14.0. The molecule has 2 N–H and O–H groups in total. The Bertz CT molecular complexity index is 548. The monoisotopic (exact) mass is 274 g/mol. The number of ether oxygens (including phenoxy) is 1. The van der Waals surface area contributed by atoms with E-state index in [2.05, 4.69) is 0 Å². The molecule has 6 heteroatoms. The molecule has 0 unspecified atom stereocenters. The van der Waals surface area contributed by atoms with Gasteiger partial charge in [0.2, 0.25) is 5.91 Å². The standard InChI is InChI=1S/C14H15N3O3/c1-2-20-11-5-3-10(4-6-11)17-13(18)9-12(14(17)19)16-8-7-15/h3-6,12,16H,2,8-9H2,1H3/p+1/t12-/m1/s1. The number of carbonyl (C=O) groups excluding carboxylic acids is 2. The van der Waals surface area contributed by atoms with Gasteiger partial charge in [-0.15, -0.1) is 0 Å². The minimum absolute atomic E-state index is 0.133. The number of nitrogens with two attached hydrogens (primary N) is 1. The number of quaternary nitrogens is 1. The van der Waals surface area contributed by atoms with E-state index in [1.165, 1.54) is 4.90 Å². The van der Waals surface area contributed by atoms with Gasteiger partial charge in [-0.3, -0.25) is 9.59 Å². The first-order valence-electron chi connectivity index (χ1n) is 6.47. The van der Waals surface area contributed by atoms with Gasteiger partial charge in [-0.05, 0) is 31.2 Å². The molecule has 1 aliphatic rings. The van der Waals surface area contributed by atoms with Crippen LogP contribution in [0.15, 0.2) is 24.3 Å². The fraction of sp³-hybridized carbons (Fsp3) is 0.357. The van der Waals surface area contributed by atoms with Gasteiger partial charge in [-0.25, -0.2) is 4.90 Å². The van der Waals surface area contributed by atoms with Gasteiger partial charge in [0.15, 0.2) is 12.6 Å². The van der Waals surface area contributed by atoms with Gasteiger partial charge in [0.1, 0.15) is 11.8 Å². The summed E-state index contributed by atoms with van der Waals surface area (Å²) in [5, 5.41) is 10.1. The quantitative estimate of drug-likeness (QED) is 0.595. The number of amides is 2. The van der Waals surface area contributed by atoms with E-state index >= 15 is 0 Å². The Morgan fingerprint density at radius 1 is 1.40 bits per heavy atom. The minimum atomic E-state index is -0.492. The van der Waals surface area contributed by atoms with Crippen molar-refractivity contribution >= 4 is 17.5 Å². The summed E-state index contributed by atoms with van der Waals surface area (Å²) in [6, 6.07) is 8.29. The molecule has 1 fully saturated rings. The SMILES string of the molecule is CCOc1ccc(N2C(=O)C[C@@H]([NH2+]CC#N)C2=O)cc1. The lowest BCUT2D eigenvalue weighted by Crippen LogP contribution is -2.91. The van der Waals surface area contributed by atoms with Crippen LogP contribution in [0.25, 0.3) is 0 Å². The van der Waals surface area contributed by atoms with Crippen molar-refractivity contribution < 1.29 is 19.6 Å². The fourth-order valence-electron chi connectivity index (χ4n) is 2.16. The Balaban J connectivity index is 2.13. The van der Waals surface area contributed by atoms with Crippen LogP contribution >= 0.6 is 0 Å². The Labute approximate surface area is 116 Å². The summed E-state index contributed by atoms with van der Waals surface area (Å²) in [4.78, 5) is 25.3. The highest BCUT2D eigenvalue weighted by atomic mass is 16.5. The summed E-state index contributed by atoms with van der Waals surface area (Å²) >= 11 is 0. The van der Waals surface area contributed by atoms with Crippen molar-refractivity contribution in [1.29, 1.82) is 5.26 Å². The van der Waals surface area contributed by atoms with Crippen LogP contribution in [0.1, 0.15) is 13.3 Å². The van der Waals surface area contributed by atoms with Crippen LogP contribution in [0.5, 0.6) is 5.75 Å². The molecule has 104 valence electrons. The number of benzene rings is 1. The molecule has 1 aliphatic heterocycles. The number of hydrogen-bond acceptors (Lipinski definition) is 4. The van der Waals surface area contributed by atoms with Crippen LogP contribution in [0.2, 0.25) is 0 Å². The molecule has 1 atom stereocenters. The van der Waals surface area contributed by atoms with E-state index in [1.54, 1.807) is 29.6 Å². The van der Waals surface area contributed by atoms with Crippen LogP contribution in [0, 0.1) is 11.3 Å². The lowest BCUT2D eigenvalue weighted by atomic mass is 10.2. The molecule has 0 aromatic heterocycles. The molecule has 6 nitrogen and oxygen atoms in total. The fourth-order valence-corrected chi connectivity index (χ4v) is 2.16. The third-order valence-electron chi connectivity index (χ3n) is 3.08. The van der Waals surface area contributed by atoms with Crippen molar-refractivity contribution in [3.8, 4) is 11.8 Å². The van der Waals surface area contributed by atoms with Crippen molar-refractivity contribution in [3.63, 3.8) is 0 Å². The highest BCUT2D eigenvalue weighted by molar-refractivity contribution is 6.21. The molecule has 1 aromatic carbocycles. The third kappa shape index (κ3) is 2.78. The van der Waals surface area contributed by atoms with E-state index in [4.69, 9.17) is 10.00 Å². The molecule has 0 radical (unpaired) electrons. The van der Waals surface area contributed by atoms with Crippen molar-refractivity contribution in [2.75, 3.05) is 18.1 Å². The summed E-state index contributed by atoms with van der Waals surface area (Å²) in [5.41, 5.74) is 0.538. The van der Waals surface area contributed by atoms with Gasteiger partial charge < -0.3 is 10.1 Å². The average molecular weight is 274 g/mol. The molecule has 1 aromatic rings. The average Bonchev–Trinajstić information content (AvgIpc) is 2.73. The summed E-state index contributed by atoms with van der Waals surface area (Å²) in [6.07, 6.45) is 0.133. The van der Waals surface area contributed by atoms with E-state index in [0.29, 0.717) is 18.0 Å². The maximum atomic E-state index is 12.2. The zero-order chi connectivity index (χ0) is 14.5. The lowest BCUT2D eigenvalue weighted by molar-refractivity contribution is -0.664. The maximum absolute atomic E-state index is 12.2. The number of anilines is 1. The first-order chi connectivity index (χ1) is 9.67. The van der Waals surface area contributed by atoms with Crippen molar-refractivity contribution in [2.45, 2.75) is 19.4 Å². The number of nitrogens with zero attached hydrogens (tertiary/aromatic N) is 2. The topological polar surface area (TPSA) is 87.0 Å². The van der Waals surface area contributed by atoms with E-state index < -0.39 is 6.04 Å². The molecule has 2 amide bonds. The van der Waals surface area contributed by atoms with E-state index in [0.717, 1.165) is 0 Å². The van der Waals surface area contributed by atoms with Crippen LogP contribution in [0.3, 0.4) is 0 Å². The highest BCUT2D eigenvalue weighted by Crippen LogP contribution is 2.24. The molecular weight excluding hydrogens is 258 g/mol. The molecule has 0 aliphatic carbocycles. The minimum Gasteiger partial charge on any atom is -0.494 e. The molecule has 1 saturated heterocycles. The molecular formula is C14H16N3O3+. The van der Waals surface area contributed by atoms with Crippen molar-refractivity contribution in [1.82, 2.24) is 0 Å². The summed E-state index contributed by atoms with van der Waals surface area (Å²) < 4.78 is 5.32. The van der Waals surface area contributed by atoms with Gasteiger partial charge in [-0.1, -0.05) is 0 Å². The number of nitriles is 1. The molecule has 0 bridgehead atoms. The maximum Gasteiger partial charge on any atom is 0.292 e. The van der Waals surface area contributed by atoms with Crippen LogP contribution in [-0.2, 0) is 9.59 Å². The lowest BCUT2D eigenvalue weighted by Gasteiger charge is -2.14. The van der Waals surface area contributed by atoms with Gasteiger partial charge in [-0.2, -0.15) is 5.26 Å². The van der Waals surface area contributed by atoms with E-state index in [9.17, 15) is 9.59 Å². The van der Waals surface area contributed by atoms with Gasteiger partial charge >= 0.3 is 0 Å². The van der Waals surface area contributed by atoms with Crippen LogP contribution in [-0.4, -0.2) is 31.0 Å². The van der Waals surface area contributed by atoms with Crippen LogP contribution < -0.4 is 15.0 Å². The van der Waals surface area contributed by atoms with Gasteiger partial charge in [0.05, 0.1) is 18.7 Å². The highest BCUT2D eigenvalue weighted by Gasteiger charge is 2.42. The summed E-state index contributed by atoms with van der Waals surface area (Å²) in [5.74, 6) is 0.190. The summed E-state index contributed by atoms with van der Waals surface area (Å²) in [7, 11) is 0. The summed E-state index contributed by atoms with van der Waals surface area (Å²) in [6.45, 7) is 2.62. The van der Waals surface area contributed by atoms with Crippen LogP contribution in [0.4, 0.5) is 5.69 Å². The first-order valence-corrected chi connectivity index (χ1v) is 6.47. The van der Waals surface area contributed by atoms with Gasteiger partial charge in [0.25, 0.3) is 5.91 Å². The van der Waals surface area contributed by atoms with E-state index in [1.807, 2.05) is 13.0 Å². The molecule has 1 heterocycles. The predicted molar refractivity (Wildman–Crippen MR) is 70.9 cm³/mol. The molecule has 0 spiro atoms. The second-order valence-electron chi connectivity index (χ2n) is 4.40. The second-order valence-corrected chi connectivity index (χ2v) is 4.40.